The highest BCUT2D eigenvalue weighted by Gasteiger charge is 2.13. The van der Waals surface area contributed by atoms with E-state index in [1.165, 1.54) is 19.3 Å². The molecule has 124 valence electrons. The standard InChI is InChI=1S/C18H27NO2.ClH/c1-3-13-21-18-8-7-16(14-15(18)2)17(20)9-12-19-10-5-4-6-11-19;/h7-8,14H,3-6,9-13H2,1-2H3;1H. The Kier molecular flexibility index (Phi) is 8.51. The summed E-state index contributed by atoms with van der Waals surface area (Å²) in [5, 5.41) is 0. The molecule has 0 amide bonds. The lowest BCUT2D eigenvalue weighted by Crippen LogP contribution is -2.31. The second-order valence-electron chi connectivity index (χ2n) is 5.90. The fourth-order valence-corrected chi connectivity index (χ4v) is 2.78. The third kappa shape index (κ3) is 5.62. The average molecular weight is 326 g/mol. The molecule has 1 fully saturated rings. The fourth-order valence-electron chi connectivity index (χ4n) is 2.78. The van der Waals surface area contributed by atoms with Gasteiger partial charge in [0.05, 0.1) is 6.61 Å². The van der Waals surface area contributed by atoms with Crippen LogP contribution in [0.2, 0.25) is 0 Å². The molecular formula is C18H28ClNO2. The third-order valence-electron chi connectivity index (χ3n) is 4.06. The van der Waals surface area contributed by atoms with Crippen molar-refractivity contribution in [2.24, 2.45) is 0 Å². The lowest BCUT2D eigenvalue weighted by molar-refractivity contribution is 0.0958. The molecule has 3 nitrogen and oxygen atoms in total. The zero-order chi connectivity index (χ0) is 15.1. The third-order valence-corrected chi connectivity index (χ3v) is 4.06. The molecule has 0 atom stereocenters. The average Bonchev–Trinajstić information content (AvgIpc) is 2.52. The largest absolute Gasteiger partial charge is 0.493 e. The molecule has 4 heteroatoms. The van der Waals surface area contributed by atoms with Crippen molar-refractivity contribution in [1.29, 1.82) is 0 Å². The maximum atomic E-state index is 12.3. The molecule has 1 heterocycles. The minimum absolute atomic E-state index is 0. The van der Waals surface area contributed by atoms with Gasteiger partial charge in [0.25, 0.3) is 0 Å². The van der Waals surface area contributed by atoms with Gasteiger partial charge in [-0.05, 0) is 63.0 Å². The van der Waals surface area contributed by atoms with Gasteiger partial charge in [0.2, 0.25) is 0 Å². The van der Waals surface area contributed by atoms with E-state index in [1.54, 1.807) is 0 Å². The predicted octanol–water partition coefficient (Wildman–Crippen LogP) is 4.26. The first-order valence-corrected chi connectivity index (χ1v) is 8.19. The van der Waals surface area contributed by atoms with E-state index in [-0.39, 0.29) is 18.2 Å². The van der Waals surface area contributed by atoms with Crippen molar-refractivity contribution in [3.05, 3.63) is 29.3 Å². The molecule has 1 aromatic carbocycles. The summed E-state index contributed by atoms with van der Waals surface area (Å²) in [6.45, 7) is 8.02. The Balaban J connectivity index is 0.00000242. The van der Waals surface area contributed by atoms with Gasteiger partial charge < -0.3 is 9.64 Å². The van der Waals surface area contributed by atoms with Crippen molar-refractivity contribution in [3.8, 4) is 5.75 Å². The number of aryl methyl sites for hydroxylation is 1. The van der Waals surface area contributed by atoms with E-state index in [0.717, 1.165) is 49.5 Å². The minimum Gasteiger partial charge on any atom is -0.493 e. The Morgan fingerprint density at radius 2 is 1.95 bits per heavy atom. The first kappa shape index (κ1) is 19.0. The summed E-state index contributed by atoms with van der Waals surface area (Å²) in [7, 11) is 0. The highest BCUT2D eigenvalue weighted by molar-refractivity contribution is 5.96. The van der Waals surface area contributed by atoms with E-state index in [1.807, 2.05) is 25.1 Å². The number of hydrogen-bond acceptors (Lipinski definition) is 3. The maximum Gasteiger partial charge on any atom is 0.164 e. The topological polar surface area (TPSA) is 29.5 Å². The van der Waals surface area contributed by atoms with Crippen LogP contribution in [0.3, 0.4) is 0 Å². The Morgan fingerprint density at radius 1 is 1.23 bits per heavy atom. The van der Waals surface area contributed by atoms with Gasteiger partial charge in [0, 0.05) is 18.5 Å². The molecule has 1 saturated heterocycles. The van der Waals surface area contributed by atoms with Gasteiger partial charge in [-0.2, -0.15) is 0 Å². The number of Topliss-reactive ketones (excluding diaryl/α,β-unsaturated/α-hetero) is 1. The van der Waals surface area contributed by atoms with Crippen molar-refractivity contribution in [2.45, 2.75) is 46.0 Å². The van der Waals surface area contributed by atoms with Crippen LogP contribution in [0.5, 0.6) is 5.75 Å². The summed E-state index contributed by atoms with van der Waals surface area (Å²) in [5.74, 6) is 1.13. The Hall–Kier alpha value is -1.06. The zero-order valence-electron chi connectivity index (χ0n) is 13.8. The molecule has 1 aromatic rings. The van der Waals surface area contributed by atoms with Crippen LogP contribution in [-0.4, -0.2) is 36.9 Å². The van der Waals surface area contributed by atoms with E-state index >= 15 is 0 Å². The van der Waals surface area contributed by atoms with Crippen LogP contribution in [0.1, 0.15) is 54.9 Å². The normalized spacial score (nSPS) is 15.2. The smallest absolute Gasteiger partial charge is 0.164 e. The van der Waals surface area contributed by atoms with Crippen LogP contribution in [0.15, 0.2) is 18.2 Å². The van der Waals surface area contributed by atoms with Gasteiger partial charge in [-0.25, -0.2) is 0 Å². The van der Waals surface area contributed by atoms with Gasteiger partial charge in [-0.1, -0.05) is 13.3 Å². The maximum absolute atomic E-state index is 12.3. The number of halogens is 1. The zero-order valence-corrected chi connectivity index (χ0v) is 14.6. The van der Waals surface area contributed by atoms with Gasteiger partial charge in [0.1, 0.15) is 5.75 Å². The minimum atomic E-state index is 0. The second kappa shape index (κ2) is 9.86. The summed E-state index contributed by atoms with van der Waals surface area (Å²) < 4.78 is 5.66. The highest BCUT2D eigenvalue weighted by atomic mass is 35.5. The van der Waals surface area contributed by atoms with E-state index in [9.17, 15) is 4.79 Å². The number of ketones is 1. The molecule has 0 aromatic heterocycles. The van der Waals surface area contributed by atoms with E-state index in [4.69, 9.17) is 4.74 Å². The highest BCUT2D eigenvalue weighted by Crippen LogP contribution is 2.20. The summed E-state index contributed by atoms with van der Waals surface area (Å²) >= 11 is 0. The van der Waals surface area contributed by atoms with Crippen molar-refractivity contribution in [2.75, 3.05) is 26.2 Å². The van der Waals surface area contributed by atoms with Crippen LogP contribution >= 0.6 is 12.4 Å². The lowest BCUT2D eigenvalue weighted by Gasteiger charge is -2.25. The van der Waals surface area contributed by atoms with Gasteiger partial charge >= 0.3 is 0 Å². The molecule has 0 bridgehead atoms. The second-order valence-corrected chi connectivity index (χ2v) is 5.90. The number of carbonyl (C=O) groups is 1. The molecule has 0 N–H and O–H groups in total. The van der Waals surface area contributed by atoms with Gasteiger partial charge in [-0.3, -0.25) is 4.79 Å². The Labute approximate surface area is 140 Å². The van der Waals surface area contributed by atoms with Crippen LogP contribution in [-0.2, 0) is 0 Å². The Morgan fingerprint density at radius 3 is 2.59 bits per heavy atom. The number of ether oxygens (including phenoxy) is 1. The summed E-state index contributed by atoms with van der Waals surface area (Å²) in [6.07, 6.45) is 5.50. The molecule has 0 radical (unpaired) electrons. The summed E-state index contributed by atoms with van der Waals surface area (Å²) in [4.78, 5) is 14.7. The van der Waals surface area contributed by atoms with Crippen LogP contribution in [0.4, 0.5) is 0 Å². The number of carbonyl (C=O) groups excluding carboxylic acids is 1. The number of benzene rings is 1. The fraction of sp³-hybridized carbons (Fsp3) is 0.611. The molecule has 0 saturated carbocycles. The summed E-state index contributed by atoms with van der Waals surface area (Å²) in [5.41, 5.74) is 1.86. The van der Waals surface area contributed by atoms with Crippen molar-refractivity contribution in [3.63, 3.8) is 0 Å². The van der Waals surface area contributed by atoms with Crippen molar-refractivity contribution >= 4 is 18.2 Å². The SMILES string of the molecule is CCCOc1ccc(C(=O)CCN2CCCCC2)cc1C.Cl. The van der Waals surface area contributed by atoms with Crippen LogP contribution in [0.25, 0.3) is 0 Å². The quantitative estimate of drug-likeness (QED) is 0.701. The Bertz CT molecular complexity index is 470. The molecule has 1 aliphatic heterocycles. The first-order valence-electron chi connectivity index (χ1n) is 8.19. The van der Waals surface area contributed by atoms with Gasteiger partial charge in [-0.15, -0.1) is 12.4 Å². The molecule has 2 rings (SSSR count). The molecule has 0 aliphatic carbocycles. The van der Waals surface area contributed by atoms with E-state index < -0.39 is 0 Å². The summed E-state index contributed by atoms with van der Waals surface area (Å²) in [6, 6.07) is 5.79. The predicted molar refractivity (Wildman–Crippen MR) is 93.5 cm³/mol. The van der Waals surface area contributed by atoms with Crippen LogP contribution in [0, 0.1) is 6.92 Å². The number of likely N-dealkylation sites (tertiary alicyclic amines) is 1. The molecule has 22 heavy (non-hydrogen) atoms. The number of piperidine rings is 1. The number of rotatable bonds is 7. The van der Waals surface area contributed by atoms with E-state index in [2.05, 4.69) is 11.8 Å². The molecule has 1 aliphatic rings. The number of hydrogen-bond donors (Lipinski definition) is 0. The number of nitrogens with zero attached hydrogens (tertiary/aromatic N) is 1. The molecular weight excluding hydrogens is 298 g/mol. The molecule has 0 spiro atoms. The van der Waals surface area contributed by atoms with Crippen molar-refractivity contribution < 1.29 is 9.53 Å². The van der Waals surface area contributed by atoms with Gasteiger partial charge in [0.15, 0.2) is 5.78 Å². The van der Waals surface area contributed by atoms with E-state index in [0.29, 0.717) is 6.42 Å². The first-order chi connectivity index (χ1) is 10.2. The monoisotopic (exact) mass is 325 g/mol. The lowest BCUT2D eigenvalue weighted by atomic mass is 10.0. The van der Waals surface area contributed by atoms with Crippen molar-refractivity contribution in [1.82, 2.24) is 4.90 Å². The molecule has 0 unspecified atom stereocenters. The van der Waals surface area contributed by atoms with Crippen LogP contribution < -0.4 is 4.74 Å².